The standard InChI is InChI=1S/C28H21N2O.C15H28O2.Ir/c1-16(2)28-29-25(21-15-14-18-9-6-8-17(3)24(18)26(21)30-28)22-12-7-11-20-19-10-4-5-13-23(19)31-27(20)22;1-7-14(5,8-2)12(16)11-13(17)15(6,9-3)10-4;/h4-11,13-16H,1-3H3;11,16H,7-10H2,1-6H3;/q-1;;/b;12-11-;. The van der Waals surface area contributed by atoms with E-state index in [0.29, 0.717) is 0 Å². The number of aromatic nitrogens is 2. The normalized spacial score (nSPS) is 12.4. The first-order chi connectivity index (χ1) is 22.9. The zero-order valence-corrected chi connectivity index (χ0v) is 32.7. The van der Waals surface area contributed by atoms with Gasteiger partial charge in [0, 0.05) is 59.4 Å². The molecule has 6 aromatic rings. The first kappa shape index (κ1) is 37.9. The van der Waals surface area contributed by atoms with E-state index in [2.05, 4.69) is 69.3 Å². The second-order valence-corrected chi connectivity index (χ2v) is 13.8. The molecule has 0 amide bonds. The molecule has 1 radical (unpaired) electrons. The van der Waals surface area contributed by atoms with E-state index in [1.54, 1.807) is 0 Å². The van der Waals surface area contributed by atoms with Gasteiger partial charge in [-0.25, -0.2) is 4.98 Å². The molecule has 0 saturated carbocycles. The number of rotatable bonds is 9. The Labute approximate surface area is 304 Å². The van der Waals surface area contributed by atoms with E-state index in [0.717, 1.165) is 75.6 Å². The van der Waals surface area contributed by atoms with Crippen LogP contribution in [0.4, 0.5) is 0 Å². The summed E-state index contributed by atoms with van der Waals surface area (Å²) in [6.07, 6.45) is 4.75. The van der Waals surface area contributed by atoms with Crippen LogP contribution in [0.25, 0.3) is 54.9 Å². The molecule has 1 N–H and O–H groups in total. The van der Waals surface area contributed by atoms with Crippen LogP contribution in [0, 0.1) is 23.8 Å². The summed E-state index contributed by atoms with van der Waals surface area (Å²) >= 11 is 0. The van der Waals surface area contributed by atoms with E-state index in [1.807, 2.05) is 65.8 Å². The summed E-state index contributed by atoms with van der Waals surface area (Å²) < 4.78 is 6.31. The number of hydrogen-bond donors (Lipinski definition) is 1. The fourth-order valence-electron chi connectivity index (χ4n) is 6.16. The number of aryl methyl sites for hydroxylation is 1. The minimum atomic E-state index is -0.337. The van der Waals surface area contributed by atoms with E-state index in [4.69, 9.17) is 14.4 Å². The molecule has 2 heterocycles. The molecule has 0 saturated heterocycles. The van der Waals surface area contributed by atoms with E-state index in [-0.39, 0.29) is 48.4 Å². The smallest absolute Gasteiger partial charge is 0.164 e. The molecule has 6 rings (SSSR count). The van der Waals surface area contributed by atoms with Gasteiger partial charge in [0.25, 0.3) is 0 Å². The third-order valence-corrected chi connectivity index (χ3v) is 10.6. The maximum atomic E-state index is 12.2. The average molecular weight is 834 g/mol. The van der Waals surface area contributed by atoms with E-state index < -0.39 is 0 Å². The molecular weight excluding hydrogens is 785 g/mol. The SMILES string of the molecule is CCC(C)(CC)C(=O)/C=C(\O)C(C)(CC)CC.Cc1cccc2ccc3c(-c4[c-]ccc5c4oc4ccccc45)nc(C(C)C)nc3c12.[Ir]. The number of carbonyl (C=O) groups excluding carboxylic acids is 1. The molecule has 49 heavy (non-hydrogen) atoms. The predicted molar refractivity (Wildman–Crippen MR) is 201 cm³/mol. The molecule has 4 aromatic carbocycles. The molecule has 6 heteroatoms. The fraction of sp³-hybridized carbons (Fsp3) is 0.372. The van der Waals surface area contributed by atoms with Gasteiger partial charge < -0.3 is 9.52 Å². The average Bonchev–Trinajstić information content (AvgIpc) is 3.49. The van der Waals surface area contributed by atoms with Gasteiger partial charge in [-0.2, -0.15) is 0 Å². The van der Waals surface area contributed by atoms with Crippen LogP contribution < -0.4 is 0 Å². The number of carbonyl (C=O) groups is 1. The number of fused-ring (bicyclic) bond motifs is 6. The number of ketones is 1. The number of hydrogen-bond acceptors (Lipinski definition) is 5. The summed E-state index contributed by atoms with van der Waals surface area (Å²) in [7, 11) is 0. The molecule has 0 aliphatic carbocycles. The predicted octanol–water partition coefficient (Wildman–Crippen LogP) is 12.2. The molecule has 0 bridgehead atoms. The van der Waals surface area contributed by atoms with Crippen LogP contribution in [0.1, 0.15) is 98.4 Å². The Morgan fingerprint density at radius 2 is 1.53 bits per heavy atom. The number of benzene rings is 4. The summed E-state index contributed by atoms with van der Waals surface area (Å²) in [6, 6.07) is 26.3. The van der Waals surface area contributed by atoms with Crippen molar-refractivity contribution in [3.8, 4) is 11.3 Å². The van der Waals surface area contributed by atoms with E-state index in [9.17, 15) is 9.90 Å². The van der Waals surface area contributed by atoms with Crippen molar-refractivity contribution in [2.24, 2.45) is 10.8 Å². The first-order valence-electron chi connectivity index (χ1n) is 17.4. The van der Waals surface area contributed by atoms with Gasteiger partial charge in [-0.05, 0) is 55.0 Å². The molecule has 0 unspecified atom stereocenters. The first-order valence-corrected chi connectivity index (χ1v) is 17.4. The van der Waals surface area contributed by atoms with Crippen molar-refractivity contribution >= 4 is 49.4 Å². The Bertz CT molecular complexity index is 2130. The second kappa shape index (κ2) is 15.4. The zero-order valence-electron chi connectivity index (χ0n) is 30.3. The molecule has 0 atom stereocenters. The van der Waals surface area contributed by atoms with Gasteiger partial charge >= 0.3 is 0 Å². The summed E-state index contributed by atoms with van der Waals surface area (Å²) in [6.45, 7) is 18.5. The Balaban J connectivity index is 0.000000260. The van der Waals surface area contributed by atoms with Crippen LogP contribution in [-0.2, 0) is 24.9 Å². The van der Waals surface area contributed by atoms with Gasteiger partial charge in [-0.1, -0.05) is 115 Å². The molecule has 259 valence electrons. The van der Waals surface area contributed by atoms with Crippen LogP contribution in [0.15, 0.2) is 83.0 Å². The number of nitrogens with zero attached hydrogens (tertiary/aromatic N) is 2. The minimum absolute atomic E-state index is 0. The van der Waals surface area contributed by atoms with Crippen molar-refractivity contribution in [3.63, 3.8) is 0 Å². The van der Waals surface area contributed by atoms with Gasteiger partial charge in [0.05, 0.1) is 11.1 Å². The number of para-hydroxylation sites is 1. The van der Waals surface area contributed by atoms with E-state index in [1.165, 1.54) is 22.4 Å². The number of furan rings is 1. The third kappa shape index (κ3) is 7.23. The Hall–Kier alpha value is -3.86. The summed E-state index contributed by atoms with van der Waals surface area (Å²) in [5.41, 5.74) is 5.07. The van der Waals surface area contributed by atoms with Gasteiger partial charge in [0.1, 0.15) is 17.2 Å². The van der Waals surface area contributed by atoms with Crippen LogP contribution in [-0.4, -0.2) is 20.9 Å². The number of aliphatic hydroxyl groups is 1. The molecule has 5 nitrogen and oxygen atoms in total. The topological polar surface area (TPSA) is 76.2 Å². The Morgan fingerprint density at radius 1 is 0.857 bits per heavy atom. The van der Waals surface area contributed by atoms with Crippen molar-refractivity contribution in [1.82, 2.24) is 9.97 Å². The third-order valence-electron chi connectivity index (χ3n) is 10.6. The quantitative estimate of drug-likeness (QED) is 0.0679. The van der Waals surface area contributed by atoms with Crippen molar-refractivity contribution in [2.45, 2.75) is 93.9 Å². The molecule has 2 aromatic heterocycles. The summed E-state index contributed by atoms with van der Waals surface area (Å²) in [5.74, 6) is 1.32. The Morgan fingerprint density at radius 3 is 2.18 bits per heavy atom. The number of aliphatic hydroxyl groups excluding tert-OH is 1. The van der Waals surface area contributed by atoms with Gasteiger partial charge in [0.2, 0.25) is 0 Å². The van der Waals surface area contributed by atoms with Crippen molar-refractivity contribution in [2.75, 3.05) is 0 Å². The maximum Gasteiger partial charge on any atom is 0.164 e. The van der Waals surface area contributed by atoms with Crippen LogP contribution >= 0.6 is 0 Å². The number of allylic oxidation sites excluding steroid dienone is 2. The fourth-order valence-corrected chi connectivity index (χ4v) is 6.16. The van der Waals surface area contributed by atoms with Crippen LogP contribution in [0.5, 0.6) is 0 Å². The molecule has 0 spiro atoms. The Kier molecular flexibility index (Phi) is 11.9. The van der Waals surface area contributed by atoms with Crippen molar-refractivity contribution in [1.29, 1.82) is 0 Å². The molecular formula is C43H49IrN2O3-. The van der Waals surface area contributed by atoms with Crippen molar-refractivity contribution < 1.29 is 34.4 Å². The second-order valence-electron chi connectivity index (χ2n) is 13.8. The zero-order chi connectivity index (χ0) is 34.8. The van der Waals surface area contributed by atoms with Gasteiger partial charge in [-0.15, -0.1) is 18.2 Å². The summed E-state index contributed by atoms with van der Waals surface area (Å²) in [4.78, 5) is 22.2. The molecule has 0 aliphatic rings. The monoisotopic (exact) mass is 834 g/mol. The van der Waals surface area contributed by atoms with E-state index >= 15 is 0 Å². The minimum Gasteiger partial charge on any atom is -0.512 e. The summed E-state index contributed by atoms with van der Waals surface area (Å²) in [5, 5.41) is 15.7. The maximum absolute atomic E-state index is 12.2. The van der Waals surface area contributed by atoms with Crippen LogP contribution in [0.2, 0.25) is 0 Å². The van der Waals surface area contributed by atoms with Crippen molar-refractivity contribution in [3.05, 3.63) is 96.0 Å². The largest absolute Gasteiger partial charge is 0.512 e. The van der Waals surface area contributed by atoms with Crippen LogP contribution in [0.3, 0.4) is 0 Å². The molecule has 0 aliphatic heterocycles. The van der Waals surface area contributed by atoms with Gasteiger partial charge in [0.15, 0.2) is 5.78 Å². The molecule has 0 fully saturated rings. The van der Waals surface area contributed by atoms with Gasteiger partial charge in [-0.3, -0.25) is 9.78 Å².